The first-order valence-electron chi connectivity index (χ1n) is 9.81. The number of anilines is 1. The van der Waals surface area contributed by atoms with Crippen LogP contribution in [-0.2, 0) is 9.59 Å². The zero-order valence-corrected chi connectivity index (χ0v) is 16.5. The number of carbonyl (C=O) groups excluding carboxylic acids is 2. The molecule has 0 aliphatic carbocycles. The van der Waals surface area contributed by atoms with Gasteiger partial charge in [0.05, 0.1) is 39.0 Å². The predicted molar refractivity (Wildman–Crippen MR) is 107 cm³/mol. The first kappa shape index (κ1) is 19.9. The lowest BCUT2D eigenvalue weighted by Gasteiger charge is -2.37. The number of hydrogen-bond acceptors (Lipinski definition) is 4. The summed E-state index contributed by atoms with van der Waals surface area (Å²) in [6.45, 7) is 7.72. The second-order valence-corrected chi connectivity index (χ2v) is 7.39. The van der Waals surface area contributed by atoms with E-state index in [-0.39, 0.29) is 12.1 Å². The molecular formula is C21H29N4O3+. The van der Waals surface area contributed by atoms with Crippen LogP contribution in [0.15, 0.2) is 53.1 Å². The molecule has 28 heavy (non-hydrogen) atoms. The molecule has 3 N–H and O–H groups in total. The molecule has 0 spiro atoms. The Labute approximate surface area is 165 Å². The fourth-order valence-corrected chi connectivity index (χ4v) is 3.58. The number of nitrogens with one attached hydrogen (secondary N) is 3. The molecule has 1 aromatic carbocycles. The quantitative estimate of drug-likeness (QED) is 0.628. The van der Waals surface area contributed by atoms with E-state index >= 15 is 0 Å². The zero-order valence-electron chi connectivity index (χ0n) is 16.5. The van der Waals surface area contributed by atoms with Gasteiger partial charge in [-0.05, 0) is 38.1 Å². The lowest BCUT2D eigenvalue weighted by molar-refractivity contribution is -0.932. The monoisotopic (exact) mass is 385 g/mol. The van der Waals surface area contributed by atoms with Crippen molar-refractivity contribution in [2.75, 3.05) is 37.6 Å². The number of para-hydroxylation sites is 1. The summed E-state index contributed by atoms with van der Waals surface area (Å²) in [6, 6.07) is 14.1. The molecule has 1 aliphatic heterocycles. The van der Waals surface area contributed by atoms with Crippen molar-refractivity contribution in [2.24, 2.45) is 0 Å². The highest BCUT2D eigenvalue weighted by molar-refractivity contribution is 6.35. The van der Waals surface area contributed by atoms with E-state index < -0.39 is 11.8 Å². The molecule has 2 amide bonds. The van der Waals surface area contributed by atoms with E-state index in [9.17, 15) is 9.59 Å². The topological polar surface area (TPSA) is 79.0 Å². The van der Waals surface area contributed by atoms with Gasteiger partial charge in [-0.3, -0.25) is 9.59 Å². The van der Waals surface area contributed by atoms with E-state index in [1.165, 1.54) is 10.6 Å². The Hall–Kier alpha value is -2.80. The number of furan rings is 1. The minimum absolute atomic E-state index is 0.0243. The second kappa shape index (κ2) is 9.41. The lowest BCUT2D eigenvalue weighted by atomic mass is 10.1. The van der Waals surface area contributed by atoms with Crippen molar-refractivity contribution in [3.63, 3.8) is 0 Å². The van der Waals surface area contributed by atoms with Gasteiger partial charge in [-0.25, -0.2) is 0 Å². The van der Waals surface area contributed by atoms with Crippen LogP contribution in [0.5, 0.6) is 0 Å². The van der Waals surface area contributed by atoms with E-state index in [0.717, 1.165) is 31.9 Å². The predicted octanol–water partition coefficient (Wildman–Crippen LogP) is 0.367. The van der Waals surface area contributed by atoms with Gasteiger partial charge in [0.15, 0.2) is 11.8 Å². The summed E-state index contributed by atoms with van der Waals surface area (Å²) in [5.41, 5.74) is 1.23. The molecule has 7 heteroatoms. The van der Waals surface area contributed by atoms with Crippen LogP contribution in [0.25, 0.3) is 0 Å². The minimum Gasteiger partial charge on any atom is -0.463 e. The number of rotatable bonds is 6. The third-order valence-electron chi connectivity index (χ3n) is 5.00. The summed E-state index contributed by atoms with van der Waals surface area (Å²) < 4.78 is 5.63. The number of benzene rings is 1. The average molecular weight is 385 g/mol. The van der Waals surface area contributed by atoms with Crippen LogP contribution in [0.1, 0.15) is 25.6 Å². The van der Waals surface area contributed by atoms with Crippen molar-refractivity contribution >= 4 is 17.5 Å². The summed E-state index contributed by atoms with van der Waals surface area (Å²) in [4.78, 5) is 27.7. The molecule has 150 valence electrons. The maximum Gasteiger partial charge on any atom is 0.309 e. The Balaban J connectivity index is 1.60. The normalized spacial score (nSPS) is 16.0. The van der Waals surface area contributed by atoms with Gasteiger partial charge in [0.25, 0.3) is 0 Å². The molecule has 1 aliphatic rings. The van der Waals surface area contributed by atoms with Gasteiger partial charge in [0.1, 0.15) is 0 Å². The van der Waals surface area contributed by atoms with Crippen LogP contribution < -0.4 is 20.4 Å². The zero-order chi connectivity index (χ0) is 19.9. The summed E-state index contributed by atoms with van der Waals surface area (Å²) >= 11 is 0. The SMILES string of the molecule is CC(C)NC(=O)C(=O)NC[C@@H](c1ccco1)[NH+]1CCN(c2ccccc2)CC1. The number of nitrogens with zero attached hydrogens (tertiary/aromatic N) is 1. The molecule has 3 rings (SSSR count). The van der Waals surface area contributed by atoms with E-state index in [0.29, 0.717) is 6.54 Å². The van der Waals surface area contributed by atoms with Crippen LogP contribution in [0.2, 0.25) is 0 Å². The standard InChI is InChI=1S/C21H28N4O3/c1-16(2)23-21(27)20(26)22-15-18(19-9-6-14-28-19)25-12-10-24(11-13-25)17-7-4-3-5-8-17/h3-9,14,16,18H,10-13,15H2,1-2H3,(H,22,26)(H,23,27)/p+1/t18-/m0/s1. The summed E-state index contributed by atoms with van der Waals surface area (Å²) in [6.07, 6.45) is 1.65. The van der Waals surface area contributed by atoms with Crippen LogP contribution in [-0.4, -0.2) is 50.6 Å². The summed E-state index contributed by atoms with van der Waals surface area (Å²) in [7, 11) is 0. The number of hydrogen-bond donors (Lipinski definition) is 3. The van der Waals surface area contributed by atoms with Crippen molar-refractivity contribution in [1.29, 1.82) is 0 Å². The number of carbonyl (C=O) groups is 2. The Bertz CT molecular complexity index is 753. The fraction of sp³-hybridized carbons (Fsp3) is 0.429. The molecule has 2 aromatic rings. The van der Waals surface area contributed by atoms with E-state index in [1.807, 2.05) is 32.0 Å². The minimum atomic E-state index is -0.604. The van der Waals surface area contributed by atoms with Crippen molar-refractivity contribution in [3.8, 4) is 0 Å². The fourth-order valence-electron chi connectivity index (χ4n) is 3.58. The number of amides is 2. The Morgan fingerprint density at radius 3 is 2.39 bits per heavy atom. The molecule has 1 saturated heterocycles. The van der Waals surface area contributed by atoms with Crippen LogP contribution >= 0.6 is 0 Å². The van der Waals surface area contributed by atoms with Crippen molar-refractivity contribution in [1.82, 2.24) is 10.6 Å². The van der Waals surface area contributed by atoms with Gasteiger partial charge in [0.2, 0.25) is 0 Å². The summed E-state index contributed by atoms with van der Waals surface area (Å²) in [5, 5.41) is 5.39. The van der Waals surface area contributed by atoms with Crippen molar-refractivity contribution in [3.05, 3.63) is 54.5 Å². The van der Waals surface area contributed by atoms with Crippen LogP contribution in [0.3, 0.4) is 0 Å². The first-order chi connectivity index (χ1) is 13.5. The third kappa shape index (κ3) is 5.13. The highest BCUT2D eigenvalue weighted by atomic mass is 16.3. The molecule has 0 radical (unpaired) electrons. The largest absolute Gasteiger partial charge is 0.463 e. The Morgan fingerprint density at radius 2 is 1.79 bits per heavy atom. The summed E-state index contributed by atoms with van der Waals surface area (Å²) in [5.74, 6) is -0.377. The van der Waals surface area contributed by atoms with E-state index in [1.54, 1.807) is 6.26 Å². The smallest absolute Gasteiger partial charge is 0.309 e. The highest BCUT2D eigenvalue weighted by Gasteiger charge is 2.31. The maximum atomic E-state index is 12.1. The lowest BCUT2D eigenvalue weighted by Crippen LogP contribution is -3.15. The molecule has 0 bridgehead atoms. The molecule has 1 aromatic heterocycles. The maximum absolute atomic E-state index is 12.1. The Morgan fingerprint density at radius 1 is 1.07 bits per heavy atom. The third-order valence-corrected chi connectivity index (χ3v) is 5.00. The van der Waals surface area contributed by atoms with Gasteiger partial charge >= 0.3 is 11.8 Å². The molecule has 7 nitrogen and oxygen atoms in total. The molecule has 1 atom stereocenters. The first-order valence-corrected chi connectivity index (χ1v) is 9.81. The molecular weight excluding hydrogens is 356 g/mol. The van der Waals surface area contributed by atoms with Crippen molar-refractivity contribution < 1.29 is 18.9 Å². The molecule has 0 unspecified atom stereocenters. The van der Waals surface area contributed by atoms with Crippen LogP contribution in [0, 0.1) is 0 Å². The highest BCUT2D eigenvalue weighted by Crippen LogP contribution is 2.14. The average Bonchev–Trinajstić information content (AvgIpc) is 3.23. The number of quaternary nitrogens is 1. The molecule has 1 fully saturated rings. The second-order valence-electron chi connectivity index (χ2n) is 7.39. The van der Waals surface area contributed by atoms with Gasteiger partial charge in [-0.15, -0.1) is 0 Å². The molecule has 2 heterocycles. The van der Waals surface area contributed by atoms with E-state index in [4.69, 9.17) is 4.42 Å². The number of piperazine rings is 1. The van der Waals surface area contributed by atoms with Crippen molar-refractivity contribution in [2.45, 2.75) is 25.9 Å². The molecule has 0 saturated carbocycles. The Kier molecular flexibility index (Phi) is 6.71. The van der Waals surface area contributed by atoms with E-state index in [2.05, 4.69) is 39.8 Å². The van der Waals surface area contributed by atoms with Gasteiger partial charge in [0, 0.05) is 11.7 Å². The van der Waals surface area contributed by atoms with Crippen LogP contribution in [0.4, 0.5) is 5.69 Å². The van der Waals surface area contributed by atoms with Gasteiger partial charge in [-0.1, -0.05) is 18.2 Å². The van der Waals surface area contributed by atoms with Gasteiger partial charge < -0.3 is 24.9 Å². The van der Waals surface area contributed by atoms with Gasteiger partial charge in [-0.2, -0.15) is 0 Å².